The second-order valence-electron chi connectivity index (χ2n) is 6.99. The molecule has 1 fully saturated rings. The number of amides is 2. The Morgan fingerprint density at radius 3 is 2.89 bits per heavy atom. The summed E-state index contributed by atoms with van der Waals surface area (Å²) in [7, 11) is 2.08. The fourth-order valence-electron chi connectivity index (χ4n) is 3.47. The largest absolute Gasteiger partial charge is 0.442 e. The predicted molar refractivity (Wildman–Crippen MR) is 111 cm³/mol. The maximum atomic E-state index is 12.4. The molecule has 28 heavy (non-hydrogen) atoms. The number of ether oxygens (including phenoxy) is 1. The minimum atomic E-state index is -0.451. The molecule has 3 heterocycles. The smallest absolute Gasteiger partial charge is 0.414 e. The maximum Gasteiger partial charge on any atom is 0.414 e. The van der Waals surface area contributed by atoms with Gasteiger partial charge in [0, 0.05) is 13.1 Å². The molecule has 1 atom stereocenters. The van der Waals surface area contributed by atoms with Gasteiger partial charge in [0.2, 0.25) is 0 Å². The Morgan fingerprint density at radius 2 is 2.14 bits per heavy atom. The molecule has 0 aliphatic carbocycles. The SMILES string of the molecule is CN1CCc2cc(N3C[C@H](CNC(=O)c4ccc(Cl)s4)OC3=O)c(Cl)cc2C1. The Balaban J connectivity index is 1.43. The van der Waals surface area contributed by atoms with Crippen molar-refractivity contribution in [3.63, 3.8) is 0 Å². The molecule has 2 aromatic rings. The minimum Gasteiger partial charge on any atom is -0.442 e. The van der Waals surface area contributed by atoms with Crippen LogP contribution in [-0.2, 0) is 17.7 Å². The van der Waals surface area contributed by atoms with E-state index in [4.69, 9.17) is 27.9 Å². The van der Waals surface area contributed by atoms with Crippen LogP contribution in [0.3, 0.4) is 0 Å². The van der Waals surface area contributed by atoms with Crippen LogP contribution < -0.4 is 10.2 Å². The fourth-order valence-corrected chi connectivity index (χ4v) is 4.72. The number of nitrogens with zero attached hydrogens (tertiary/aromatic N) is 2. The van der Waals surface area contributed by atoms with E-state index < -0.39 is 12.2 Å². The van der Waals surface area contributed by atoms with E-state index in [1.54, 1.807) is 17.0 Å². The number of thiophene rings is 1. The Hall–Kier alpha value is -1.80. The van der Waals surface area contributed by atoms with Crippen molar-refractivity contribution >= 4 is 52.2 Å². The Morgan fingerprint density at radius 1 is 1.32 bits per heavy atom. The standard InChI is InChI=1S/C19H19Cl2N3O3S/c1-23-5-4-11-7-15(14(20)6-12(11)9-23)24-10-13(27-19(24)26)8-22-18(25)16-2-3-17(21)28-16/h2-3,6-7,13H,4-5,8-10H2,1H3,(H,22,25)/t13-/m0/s1. The van der Waals surface area contributed by atoms with Crippen molar-refractivity contribution in [1.29, 1.82) is 0 Å². The second kappa shape index (κ2) is 7.91. The van der Waals surface area contributed by atoms with Gasteiger partial charge in [-0.15, -0.1) is 11.3 Å². The summed E-state index contributed by atoms with van der Waals surface area (Å²) >= 11 is 13.5. The number of nitrogens with one attached hydrogen (secondary N) is 1. The van der Waals surface area contributed by atoms with Gasteiger partial charge >= 0.3 is 6.09 Å². The lowest BCUT2D eigenvalue weighted by Gasteiger charge is -2.27. The molecular weight excluding hydrogens is 421 g/mol. The molecule has 0 saturated carbocycles. The van der Waals surface area contributed by atoms with E-state index in [1.807, 2.05) is 12.1 Å². The highest BCUT2D eigenvalue weighted by atomic mass is 35.5. The van der Waals surface area contributed by atoms with Gasteiger partial charge in [-0.05, 0) is 48.9 Å². The third kappa shape index (κ3) is 3.98. The van der Waals surface area contributed by atoms with Crippen molar-refractivity contribution in [3.05, 3.63) is 49.6 Å². The average Bonchev–Trinajstić information content (AvgIpc) is 3.25. The first-order valence-electron chi connectivity index (χ1n) is 8.92. The highest BCUT2D eigenvalue weighted by Crippen LogP contribution is 2.34. The van der Waals surface area contributed by atoms with Gasteiger partial charge in [-0.2, -0.15) is 0 Å². The van der Waals surface area contributed by atoms with Gasteiger partial charge in [0.05, 0.1) is 33.0 Å². The second-order valence-corrected chi connectivity index (χ2v) is 9.11. The van der Waals surface area contributed by atoms with E-state index >= 15 is 0 Å². The molecule has 1 aromatic carbocycles. The molecule has 9 heteroatoms. The van der Waals surface area contributed by atoms with E-state index in [9.17, 15) is 9.59 Å². The fraction of sp³-hybridized carbons (Fsp3) is 0.368. The number of benzene rings is 1. The van der Waals surface area contributed by atoms with Gasteiger partial charge in [0.25, 0.3) is 5.91 Å². The summed E-state index contributed by atoms with van der Waals surface area (Å²) in [6, 6.07) is 7.26. The Bertz CT molecular complexity index is 933. The van der Waals surface area contributed by atoms with Crippen LogP contribution in [-0.4, -0.2) is 49.7 Å². The molecule has 1 aromatic heterocycles. The van der Waals surface area contributed by atoms with Crippen LogP contribution in [0.4, 0.5) is 10.5 Å². The van der Waals surface area contributed by atoms with E-state index in [1.165, 1.54) is 22.5 Å². The molecule has 2 aliphatic rings. The highest BCUT2D eigenvalue weighted by Gasteiger charge is 2.34. The molecule has 148 valence electrons. The number of hydrogen-bond donors (Lipinski definition) is 1. The first-order valence-corrected chi connectivity index (χ1v) is 10.5. The number of carbonyl (C=O) groups is 2. The van der Waals surface area contributed by atoms with Crippen LogP contribution in [0.15, 0.2) is 24.3 Å². The molecule has 4 rings (SSSR count). The van der Waals surface area contributed by atoms with Crippen LogP contribution in [0, 0.1) is 0 Å². The van der Waals surface area contributed by atoms with Gasteiger partial charge in [-0.1, -0.05) is 23.2 Å². The minimum absolute atomic E-state index is 0.226. The number of likely N-dealkylation sites (N-methyl/N-ethyl adjacent to an activating group) is 1. The number of rotatable bonds is 4. The molecule has 2 aliphatic heterocycles. The summed E-state index contributed by atoms with van der Waals surface area (Å²) in [5.74, 6) is -0.234. The summed E-state index contributed by atoms with van der Waals surface area (Å²) in [5.41, 5.74) is 3.05. The Labute approximate surface area is 177 Å². The molecule has 0 radical (unpaired) electrons. The van der Waals surface area contributed by atoms with Crippen molar-refractivity contribution in [2.75, 3.05) is 31.6 Å². The third-order valence-corrected chi connectivity index (χ3v) is 6.46. The van der Waals surface area contributed by atoms with Crippen LogP contribution >= 0.6 is 34.5 Å². The van der Waals surface area contributed by atoms with Crippen LogP contribution in [0.5, 0.6) is 0 Å². The van der Waals surface area contributed by atoms with E-state index in [0.29, 0.717) is 26.5 Å². The van der Waals surface area contributed by atoms with E-state index in [0.717, 1.165) is 19.5 Å². The third-order valence-electron chi connectivity index (χ3n) is 4.92. The molecule has 0 unspecified atom stereocenters. The van der Waals surface area contributed by atoms with Crippen LogP contribution in [0.25, 0.3) is 0 Å². The number of halogens is 2. The summed E-state index contributed by atoms with van der Waals surface area (Å²) in [6.45, 7) is 2.38. The highest BCUT2D eigenvalue weighted by molar-refractivity contribution is 7.18. The lowest BCUT2D eigenvalue weighted by Crippen LogP contribution is -2.34. The molecule has 2 amide bonds. The molecule has 0 bridgehead atoms. The zero-order valence-electron chi connectivity index (χ0n) is 15.2. The lowest BCUT2D eigenvalue weighted by atomic mass is 9.99. The van der Waals surface area contributed by atoms with Crippen molar-refractivity contribution < 1.29 is 14.3 Å². The van der Waals surface area contributed by atoms with Crippen molar-refractivity contribution in [2.24, 2.45) is 0 Å². The topological polar surface area (TPSA) is 61.9 Å². The first kappa shape index (κ1) is 19.5. The van der Waals surface area contributed by atoms with Gasteiger partial charge in [0.1, 0.15) is 6.10 Å². The lowest BCUT2D eigenvalue weighted by molar-refractivity contribution is 0.0920. The summed E-state index contributed by atoms with van der Waals surface area (Å²) < 4.78 is 5.97. The first-order chi connectivity index (χ1) is 13.4. The molecule has 6 nitrogen and oxygen atoms in total. The number of hydrogen-bond acceptors (Lipinski definition) is 5. The zero-order valence-corrected chi connectivity index (χ0v) is 17.5. The van der Waals surface area contributed by atoms with Gasteiger partial charge in [0.15, 0.2) is 0 Å². The Kier molecular flexibility index (Phi) is 5.51. The van der Waals surface area contributed by atoms with Crippen LogP contribution in [0.1, 0.15) is 20.8 Å². The van der Waals surface area contributed by atoms with E-state index in [-0.39, 0.29) is 12.5 Å². The summed E-state index contributed by atoms with van der Waals surface area (Å²) in [4.78, 5) is 28.8. The van der Waals surface area contributed by atoms with Crippen molar-refractivity contribution in [1.82, 2.24) is 10.2 Å². The monoisotopic (exact) mass is 439 g/mol. The van der Waals surface area contributed by atoms with Gasteiger partial charge in [-0.25, -0.2) is 4.79 Å². The number of carbonyl (C=O) groups excluding carboxylic acids is 2. The quantitative estimate of drug-likeness (QED) is 0.786. The molecule has 1 saturated heterocycles. The molecule has 0 spiro atoms. The molecular formula is C19H19Cl2N3O3S. The predicted octanol–water partition coefficient (Wildman–Crippen LogP) is 3.80. The zero-order chi connectivity index (χ0) is 19.8. The normalized spacial score (nSPS) is 19.5. The summed E-state index contributed by atoms with van der Waals surface area (Å²) in [5, 5.41) is 3.32. The van der Waals surface area contributed by atoms with Gasteiger partial charge in [-0.3, -0.25) is 9.69 Å². The maximum absolute atomic E-state index is 12.4. The van der Waals surface area contributed by atoms with Crippen LogP contribution in [0.2, 0.25) is 9.36 Å². The number of cyclic esters (lactones) is 1. The van der Waals surface area contributed by atoms with E-state index in [2.05, 4.69) is 17.3 Å². The average molecular weight is 440 g/mol. The van der Waals surface area contributed by atoms with Crippen molar-refractivity contribution in [2.45, 2.75) is 19.1 Å². The number of fused-ring (bicyclic) bond motifs is 1. The van der Waals surface area contributed by atoms with Crippen molar-refractivity contribution in [3.8, 4) is 0 Å². The number of anilines is 1. The summed E-state index contributed by atoms with van der Waals surface area (Å²) in [6.07, 6.45) is 0.0279. The van der Waals surface area contributed by atoms with Gasteiger partial charge < -0.3 is 15.0 Å². The molecule has 1 N–H and O–H groups in total.